The van der Waals surface area contributed by atoms with E-state index in [0.29, 0.717) is 30.2 Å². The van der Waals surface area contributed by atoms with E-state index in [9.17, 15) is 35.1 Å². The number of nitro groups is 3. The number of carbonyl (C=O) groups is 1. The van der Waals surface area contributed by atoms with Crippen LogP contribution >= 0.6 is 22.6 Å². The zero-order valence-electron chi connectivity index (χ0n) is 24.6. The van der Waals surface area contributed by atoms with Gasteiger partial charge in [0, 0.05) is 75.6 Å². The number of hydrogen-bond donors (Lipinski definition) is 4. The van der Waals surface area contributed by atoms with Crippen LogP contribution in [0.4, 0.5) is 27.5 Å². The van der Waals surface area contributed by atoms with Gasteiger partial charge in [0.15, 0.2) is 5.69 Å². The molecule has 1 aliphatic rings. The number of carbonyl (C=O) groups excluding carboxylic acids is 1. The number of benzene rings is 3. The van der Waals surface area contributed by atoms with E-state index in [-0.39, 0.29) is 84.1 Å². The Hall–Kier alpha value is -3.20. The van der Waals surface area contributed by atoms with Gasteiger partial charge in [0.05, 0.1) is 23.1 Å². The van der Waals surface area contributed by atoms with Crippen molar-refractivity contribution in [3.05, 3.63) is 115 Å². The van der Waals surface area contributed by atoms with Crippen molar-refractivity contribution < 1.29 is 68.6 Å². The molecule has 1 saturated heterocycles. The number of cyclic esters (lactones) is 1. The summed E-state index contributed by atoms with van der Waals surface area (Å²) in [6, 6.07) is 20.7. The molecule has 1 aliphatic heterocycles. The molecular formula is C28H42IN6O10Y-. The smallest absolute Gasteiger partial charge is 0.414 e. The van der Waals surface area contributed by atoms with Crippen LogP contribution in [0.2, 0.25) is 0 Å². The van der Waals surface area contributed by atoms with E-state index in [1.165, 1.54) is 65.6 Å². The Kier molecular flexibility index (Phi) is 34.3. The standard InChI is InChI=1S/C9H8N2O4.C9H11NO3.C6H4NO2.CH3I.CH5NO.2CH4.H3N.Y/c12-9-10(5-6-15-9)7-1-3-8(4-2-7)11(13)14;11-7-1-2-8-3-5-9(6-4-8)10(12)13;8-7(9)6-4-2-1-3-5-6;1-2;2-1-3;;;;/h1-4H,5-6H2;3-6,11H,1-2,7H2;2-5H;1H3;3H,1-2H2;2*1H4;1H3;/q;;-1;;;;;;/i;;;1D;;;;;. The zero-order chi connectivity index (χ0) is 32.6. The van der Waals surface area contributed by atoms with Crippen molar-refractivity contribution in [3.8, 4) is 0 Å². The van der Waals surface area contributed by atoms with E-state index >= 15 is 0 Å². The summed E-state index contributed by atoms with van der Waals surface area (Å²) in [7, 11) is 0. The Bertz CT molecular complexity index is 1250. The summed E-state index contributed by atoms with van der Waals surface area (Å²) in [5, 5.41) is 46.6. The number of nitrogens with two attached hydrogens (primary N) is 1. The molecule has 0 unspecified atom stereocenters. The van der Waals surface area contributed by atoms with E-state index in [1.54, 1.807) is 12.1 Å². The number of ether oxygens (including phenoxy) is 1. The van der Waals surface area contributed by atoms with Crippen molar-refractivity contribution in [3.63, 3.8) is 0 Å². The topological polar surface area (TPSA) is 260 Å². The number of non-ortho nitro benzene ring substituents is 3. The quantitative estimate of drug-likeness (QED) is 0.0546. The first-order chi connectivity index (χ1) is 20.6. The van der Waals surface area contributed by atoms with Crippen molar-refractivity contribution in [1.82, 2.24) is 6.15 Å². The molecule has 0 atom stereocenters. The molecule has 0 saturated carbocycles. The van der Waals surface area contributed by atoms with Crippen LogP contribution < -0.4 is 16.8 Å². The Morgan fingerprint density at radius 3 is 1.63 bits per heavy atom. The van der Waals surface area contributed by atoms with Gasteiger partial charge in [-0.2, -0.15) is 18.2 Å². The number of nitro benzene ring substituents is 3. The SMILES string of the molecule is C.C.N.NCO.O=C1OCCN1c1ccc([N+](=O)[O-])cc1.O=[N+]([O-])c1cc[c-]cc1.O=[N+]([O-])c1ccc(CCCO)cc1.[2H]CI.[Y]. The van der Waals surface area contributed by atoms with Crippen molar-refractivity contribution in [1.29, 1.82) is 0 Å². The monoisotopic (exact) mass is 839 g/mol. The number of alkyl halides is 1. The normalized spacial score (nSPS) is 10.3. The van der Waals surface area contributed by atoms with E-state index < -0.39 is 20.9 Å². The summed E-state index contributed by atoms with van der Waals surface area (Å²) in [6.45, 7) is 0.740. The van der Waals surface area contributed by atoms with E-state index in [0.717, 1.165) is 12.0 Å². The Labute approximate surface area is 308 Å². The minimum absolute atomic E-state index is 0. The molecular weight excluding hydrogens is 796 g/mol. The first-order valence-corrected chi connectivity index (χ1v) is 13.4. The molecule has 46 heavy (non-hydrogen) atoms. The maximum absolute atomic E-state index is 11.2. The van der Waals surface area contributed by atoms with Crippen LogP contribution in [0, 0.1) is 36.4 Å². The average molecular weight is 839 g/mol. The Morgan fingerprint density at radius 1 is 0.913 bits per heavy atom. The third-order valence-electron chi connectivity index (χ3n) is 4.82. The maximum Gasteiger partial charge on any atom is 0.414 e. The number of aliphatic hydroxyl groups excluding tert-OH is 2. The summed E-state index contributed by atoms with van der Waals surface area (Å²) >= 11 is 1.96. The first kappa shape index (κ1) is 49.7. The van der Waals surface area contributed by atoms with Gasteiger partial charge < -0.3 is 26.8 Å². The van der Waals surface area contributed by atoms with Crippen LogP contribution in [-0.4, -0.2) is 62.5 Å². The number of hydrogen-bond acceptors (Lipinski definition) is 12. The second kappa shape index (κ2) is 31.8. The van der Waals surface area contributed by atoms with Gasteiger partial charge >= 0.3 is 6.09 Å². The second-order valence-electron chi connectivity index (χ2n) is 7.49. The summed E-state index contributed by atoms with van der Waals surface area (Å²) in [6.07, 6.45) is 1.04. The molecule has 1 amide bonds. The molecule has 1 fully saturated rings. The van der Waals surface area contributed by atoms with Gasteiger partial charge in [-0.3, -0.25) is 35.2 Å². The molecule has 1 radical (unpaired) electrons. The largest absolute Gasteiger partial charge is 0.447 e. The first-order valence-electron chi connectivity index (χ1n) is 12.6. The molecule has 18 heteroatoms. The Balaban J connectivity index is -0.000000169. The molecule has 0 aliphatic carbocycles. The van der Waals surface area contributed by atoms with Crippen molar-refractivity contribution in [2.45, 2.75) is 27.7 Å². The summed E-state index contributed by atoms with van der Waals surface area (Å²) in [5.41, 5.74) is 6.25. The minimum atomic E-state index is -0.480. The summed E-state index contributed by atoms with van der Waals surface area (Å²) in [4.78, 5) is 42.4. The van der Waals surface area contributed by atoms with Gasteiger partial charge in [0.25, 0.3) is 11.4 Å². The fraction of sp³-hybridized carbons (Fsp3) is 0.321. The van der Waals surface area contributed by atoms with Gasteiger partial charge in [0.2, 0.25) is 0 Å². The predicted molar refractivity (Wildman–Crippen MR) is 182 cm³/mol. The molecule has 0 bridgehead atoms. The summed E-state index contributed by atoms with van der Waals surface area (Å²) in [5.74, 6) is 0. The van der Waals surface area contributed by atoms with Gasteiger partial charge in [-0.25, -0.2) is 4.79 Å². The minimum Gasteiger partial charge on any atom is -0.447 e. The number of rotatable bonds is 7. The maximum atomic E-state index is 11.2. The molecule has 7 N–H and O–H groups in total. The fourth-order valence-electron chi connectivity index (χ4n) is 2.95. The second-order valence-corrected chi connectivity index (χ2v) is 7.49. The van der Waals surface area contributed by atoms with Crippen LogP contribution in [0.15, 0.2) is 72.8 Å². The van der Waals surface area contributed by atoms with E-state index in [2.05, 4.69) is 11.8 Å². The van der Waals surface area contributed by atoms with Gasteiger partial charge in [-0.05, 0) is 35.4 Å². The van der Waals surface area contributed by atoms with E-state index in [4.69, 9.17) is 16.3 Å². The molecule has 16 nitrogen and oxygen atoms in total. The van der Waals surface area contributed by atoms with Gasteiger partial charge in [-0.1, -0.05) is 61.7 Å². The van der Waals surface area contributed by atoms with Crippen molar-refractivity contribution in [2.75, 3.05) is 36.3 Å². The van der Waals surface area contributed by atoms with Crippen molar-refractivity contribution >= 4 is 51.4 Å². The molecule has 3 aromatic carbocycles. The van der Waals surface area contributed by atoms with Crippen LogP contribution in [0.25, 0.3) is 0 Å². The van der Waals surface area contributed by atoms with Crippen LogP contribution in [0.1, 0.15) is 28.2 Å². The molecule has 0 spiro atoms. The third-order valence-corrected chi connectivity index (χ3v) is 4.82. The number of anilines is 1. The number of aryl methyl sites for hydroxylation is 1. The average Bonchev–Trinajstić information content (AvgIpc) is 3.44. The van der Waals surface area contributed by atoms with E-state index in [1.807, 2.05) is 22.6 Å². The number of amides is 1. The molecule has 255 valence electrons. The van der Waals surface area contributed by atoms with Crippen LogP contribution in [-0.2, 0) is 43.9 Å². The Morgan fingerprint density at radius 2 is 1.30 bits per heavy atom. The van der Waals surface area contributed by atoms with Crippen molar-refractivity contribution in [2.24, 2.45) is 5.73 Å². The zero-order valence-corrected chi connectivity index (χ0v) is 28.6. The molecule has 4 rings (SSSR count). The molecule has 1 heterocycles. The number of nitrogens with zero attached hydrogens (tertiary/aromatic N) is 4. The van der Waals surface area contributed by atoms with Gasteiger partial charge in [0.1, 0.15) is 6.61 Å². The number of aliphatic hydroxyl groups is 2. The molecule has 0 aromatic heterocycles. The third kappa shape index (κ3) is 21.5. The fourth-order valence-corrected chi connectivity index (χ4v) is 2.95. The van der Waals surface area contributed by atoms with Crippen LogP contribution in [0.3, 0.4) is 0 Å². The number of halogens is 1. The summed E-state index contributed by atoms with van der Waals surface area (Å²) < 4.78 is 10.9. The van der Waals surface area contributed by atoms with Crippen LogP contribution in [0.5, 0.6) is 0 Å². The predicted octanol–water partition coefficient (Wildman–Crippen LogP) is 5.84. The van der Waals surface area contributed by atoms with Gasteiger partial charge in [-0.15, -0.1) is 0 Å². The molecule has 3 aromatic rings.